The summed E-state index contributed by atoms with van der Waals surface area (Å²) < 4.78 is 40.4. The Kier molecular flexibility index (Phi) is 5.10. The number of aliphatic hydroxyl groups is 1. The maximum Gasteiger partial charge on any atom is 0.165 e. The minimum absolute atomic E-state index is 0.0143. The van der Waals surface area contributed by atoms with Crippen molar-refractivity contribution in [1.82, 2.24) is 0 Å². The van der Waals surface area contributed by atoms with E-state index in [1.54, 1.807) is 13.0 Å². The van der Waals surface area contributed by atoms with Crippen LogP contribution in [-0.4, -0.2) is 32.1 Å². The van der Waals surface area contributed by atoms with Crippen LogP contribution in [0.15, 0.2) is 18.2 Å². The highest BCUT2D eigenvalue weighted by molar-refractivity contribution is 7.90. The molecule has 1 rings (SSSR count). The van der Waals surface area contributed by atoms with E-state index in [2.05, 4.69) is 0 Å². The predicted molar refractivity (Wildman–Crippen MR) is 66.9 cm³/mol. The number of sulfone groups is 1. The van der Waals surface area contributed by atoms with Crippen molar-refractivity contribution in [2.24, 2.45) is 0 Å². The number of aliphatic hydroxyl groups excluding tert-OH is 1. The molecule has 1 aromatic rings. The Morgan fingerprint density at radius 1 is 1.44 bits per heavy atom. The molecule has 0 spiro atoms. The van der Waals surface area contributed by atoms with E-state index in [1.165, 1.54) is 12.1 Å². The molecule has 0 aromatic heterocycles. The molecule has 1 N–H and O–H groups in total. The van der Waals surface area contributed by atoms with Gasteiger partial charge in [0.05, 0.1) is 18.5 Å². The molecule has 6 heteroatoms. The van der Waals surface area contributed by atoms with Crippen molar-refractivity contribution in [1.29, 1.82) is 0 Å². The Bertz CT molecular complexity index is 497. The zero-order chi connectivity index (χ0) is 13.8. The van der Waals surface area contributed by atoms with Crippen LogP contribution < -0.4 is 4.74 Å². The molecule has 1 atom stereocenters. The molecule has 4 nitrogen and oxygen atoms in total. The van der Waals surface area contributed by atoms with E-state index in [1.807, 2.05) is 0 Å². The molecule has 0 amide bonds. The lowest BCUT2D eigenvalue weighted by Crippen LogP contribution is -2.08. The summed E-state index contributed by atoms with van der Waals surface area (Å²) in [4.78, 5) is 0. The zero-order valence-corrected chi connectivity index (χ0v) is 11.2. The fraction of sp³-hybridized carbons (Fsp3) is 0.500. The summed E-state index contributed by atoms with van der Waals surface area (Å²) in [6.45, 7) is 1.68. The minimum atomic E-state index is -3.01. The Hall–Kier alpha value is -1.14. The summed E-state index contributed by atoms with van der Waals surface area (Å²) in [7, 11) is -3.01. The Morgan fingerprint density at radius 3 is 2.61 bits per heavy atom. The molecule has 0 radical (unpaired) electrons. The number of rotatable bonds is 6. The third kappa shape index (κ3) is 5.01. The summed E-state index contributed by atoms with van der Waals surface area (Å²) in [5.74, 6) is -0.485. The molecule has 0 bridgehead atoms. The van der Waals surface area contributed by atoms with Gasteiger partial charge in [0.1, 0.15) is 9.84 Å². The van der Waals surface area contributed by atoms with Crippen LogP contribution in [0.2, 0.25) is 0 Å². The van der Waals surface area contributed by atoms with Crippen LogP contribution >= 0.6 is 0 Å². The summed E-state index contributed by atoms with van der Waals surface area (Å²) in [5.41, 5.74) is 0.469. The molecule has 102 valence electrons. The van der Waals surface area contributed by atoms with Crippen molar-refractivity contribution < 1.29 is 22.7 Å². The quantitative estimate of drug-likeness (QED) is 0.803. The predicted octanol–water partition coefficient (Wildman–Crippen LogP) is 1.69. The molecule has 0 aliphatic carbocycles. The molecule has 18 heavy (non-hydrogen) atoms. The molecule has 0 aliphatic rings. The Labute approximate surface area is 106 Å². The second-order valence-corrected chi connectivity index (χ2v) is 6.46. The van der Waals surface area contributed by atoms with Crippen LogP contribution in [-0.2, 0) is 9.84 Å². The summed E-state index contributed by atoms with van der Waals surface area (Å²) >= 11 is 0. The van der Waals surface area contributed by atoms with Gasteiger partial charge in [-0.1, -0.05) is 6.07 Å². The van der Waals surface area contributed by atoms with Crippen LogP contribution in [0.1, 0.15) is 25.0 Å². The van der Waals surface area contributed by atoms with E-state index < -0.39 is 21.8 Å². The molecular formula is C12H17FO4S. The highest BCUT2D eigenvalue weighted by Gasteiger charge is 2.08. The Balaban J connectivity index is 2.53. The van der Waals surface area contributed by atoms with Crippen LogP contribution in [0.25, 0.3) is 0 Å². The smallest absolute Gasteiger partial charge is 0.165 e. The van der Waals surface area contributed by atoms with Gasteiger partial charge in [0.2, 0.25) is 0 Å². The van der Waals surface area contributed by atoms with Gasteiger partial charge in [-0.2, -0.15) is 0 Å². The largest absolute Gasteiger partial charge is 0.490 e. The van der Waals surface area contributed by atoms with Crippen molar-refractivity contribution in [3.05, 3.63) is 29.6 Å². The number of benzene rings is 1. The average molecular weight is 276 g/mol. The third-order valence-corrected chi connectivity index (χ3v) is 3.39. The van der Waals surface area contributed by atoms with E-state index in [0.29, 0.717) is 12.0 Å². The highest BCUT2D eigenvalue weighted by Crippen LogP contribution is 2.22. The van der Waals surface area contributed by atoms with E-state index in [0.717, 1.165) is 6.26 Å². The maximum atomic E-state index is 13.5. The Morgan fingerprint density at radius 2 is 2.11 bits per heavy atom. The topological polar surface area (TPSA) is 63.6 Å². The van der Waals surface area contributed by atoms with Crippen molar-refractivity contribution in [2.45, 2.75) is 19.4 Å². The van der Waals surface area contributed by atoms with Gasteiger partial charge in [-0.3, -0.25) is 0 Å². The monoisotopic (exact) mass is 276 g/mol. The van der Waals surface area contributed by atoms with Crippen molar-refractivity contribution in [3.63, 3.8) is 0 Å². The van der Waals surface area contributed by atoms with Crippen LogP contribution in [0, 0.1) is 5.82 Å². The first-order chi connectivity index (χ1) is 8.29. The van der Waals surface area contributed by atoms with Crippen LogP contribution in [0.3, 0.4) is 0 Å². The van der Waals surface area contributed by atoms with Gasteiger partial charge in [-0.25, -0.2) is 12.8 Å². The van der Waals surface area contributed by atoms with Crippen molar-refractivity contribution in [2.75, 3.05) is 18.6 Å². The summed E-state index contributed by atoms with van der Waals surface area (Å²) in [6.07, 6.45) is 0.723. The van der Waals surface area contributed by atoms with Crippen LogP contribution in [0.5, 0.6) is 5.75 Å². The van der Waals surface area contributed by atoms with Crippen molar-refractivity contribution >= 4 is 9.84 Å². The fourth-order valence-electron chi connectivity index (χ4n) is 1.40. The first-order valence-corrected chi connectivity index (χ1v) is 7.63. The van der Waals surface area contributed by atoms with E-state index in [4.69, 9.17) is 4.74 Å². The first-order valence-electron chi connectivity index (χ1n) is 5.57. The van der Waals surface area contributed by atoms with Gasteiger partial charge in [-0.15, -0.1) is 0 Å². The molecule has 0 saturated heterocycles. The minimum Gasteiger partial charge on any atom is -0.490 e. The molecule has 0 unspecified atom stereocenters. The SMILES string of the molecule is C[C@H](O)c1ccc(OCCCS(C)(=O)=O)c(F)c1. The van der Waals surface area contributed by atoms with Crippen molar-refractivity contribution in [3.8, 4) is 5.75 Å². The molecule has 0 heterocycles. The molecule has 1 aromatic carbocycles. The lowest BCUT2D eigenvalue weighted by atomic mass is 10.1. The molecular weight excluding hydrogens is 259 g/mol. The van der Waals surface area contributed by atoms with Gasteiger partial charge >= 0.3 is 0 Å². The second kappa shape index (κ2) is 6.15. The van der Waals surface area contributed by atoms with Gasteiger partial charge in [-0.05, 0) is 31.0 Å². The van der Waals surface area contributed by atoms with Gasteiger partial charge in [0, 0.05) is 6.26 Å². The standard InChI is InChI=1S/C12H17FO4S/c1-9(14)10-4-5-12(11(13)8-10)17-6-3-7-18(2,15)16/h4-5,8-9,14H,3,6-7H2,1-2H3/t9-/m0/s1. The highest BCUT2D eigenvalue weighted by atomic mass is 32.2. The van der Waals surface area contributed by atoms with E-state index in [9.17, 15) is 17.9 Å². The summed E-state index contributed by atoms with van der Waals surface area (Å²) in [6, 6.07) is 4.20. The van der Waals surface area contributed by atoms with Gasteiger partial charge < -0.3 is 9.84 Å². The summed E-state index contributed by atoms with van der Waals surface area (Å²) in [5, 5.41) is 9.27. The average Bonchev–Trinajstić information content (AvgIpc) is 2.24. The lowest BCUT2D eigenvalue weighted by molar-refractivity contribution is 0.198. The normalized spacial score (nSPS) is 13.3. The van der Waals surface area contributed by atoms with Crippen LogP contribution in [0.4, 0.5) is 4.39 Å². The molecule has 0 fully saturated rings. The number of hydrogen-bond donors (Lipinski definition) is 1. The van der Waals surface area contributed by atoms with Gasteiger partial charge in [0.25, 0.3) is 0 Å². The number of halogens is 1. The maximum absolute atomic E-state index is 13.5. The molecule has 0 aliphatic heterocycles. The number of hydrogen-bond acceptors (Lipinski definition) is 4. The fourth-order valence-corrected chi connectivity index (χ4v) is 2.04. The second-order valence-electron chi connectivity index (χ2n) is 4.20. The third-order valence-electron chi connectivity index (χ3n) is 2.36. The van der Waals surface area contributed by atoms with Gasteiger partial charge in [0.15, 0.2) is 11.6 Å². The zero-order valence-electron chi connectivity index (χ0n) is 10.4. The first kappa shape index (κ1) is 14.9. The van der Waals surface area contributed by atoms with E-state index >= 15 is 0 Å². The number of ether oxygens (including phenoxy) is 1. The lowest BCUT2D eigenvalue weighted by Gasteiger charge is -2.09. The van der Waals surface area contributed by atoms with E-state index in [-0.39, 0.29) is 18.1 Å². The molecule has 0 saturated carbocycles.